The lowest BCUT2D eigenvalue weighted by molar-refractivity contribution is 0.159. The number of halogens is 2. The smallest absolute Gasteiger partial charge is 0.337 e. The molecule has 5 aromatic rings. The van der Waals surface area contributed by atoms with Crippen molar-refractivity contribution in [2.24, 2.45) is 0 Å². The van der Waals surface area contributed by atoms with Crippen LogP contribution in [0.15, 0.2) is 70.3 Å². The third kappa shape index (κ3) is 5.84. The van der Waals surface area contributed by atoms with Crippen LogP contribution in [0.4, 0.5) is 14.5 Å². The van der Waals surface area contributed by atoms with Gasteiger partial charge in [-0.15, -0.1) is 11.3 Å². The minimum Gasteiger partial charge on any atom is -0.486 e. The SMILES string of the molecule is CNc1ccc(-c2sc3c(c2CN(C)CCOC)c(=O)n(-c2ccc4c(c2)OCCO4)c(=O)n3Cc2c(F)cccc2F)cc1. The number of benzene rings is 3. The Kier molecular flexibility index (Phi) is 8.70. The molecule has 2 aromatic heterocycles. The Morgan fingerprint density at radius 3 is 2.38 bits per heavy atom. The molecule has 0 aliphatic carbocycles. The summed E-state index contributed by atoms with van der Waals surface area (Å²) in [6, 6.07) is 16.1. The highest BCUT2D eigenvalue weighted by Crippen LogP contribution is 2.39. The number of hydrogen-bond acceptors (Lipinski definition) is 8. The van der Waals surface area contributed by atoms with Crippen molar-refractivity contribution in [3.05, 3.63) is 104 Å². The van der Waals surface area contributed by atoms with Gasteiger partial charge in [0, 0.05) is 49.4 Å². The number of fused-ring (bicyclic) bond motifs is 2. The van der Waals surface area contributed by atoms with E-state index in [-0.39, 0.29) is 11.3 Å². The van der Waals surface area contributed by atoms with Crippen LogP contribution in [0.2, 0.25) is 0 Å². The fourth-order valence-corrected chi connectivity index (χ4v) is 6.72. The maximum Gasteiger partial charge on any atom is 0.337 e. The molecule has 0 unspecified atom stereocenters. The standard InChI is InChI=1S/C33H32F2N4O5S/c1-36-21-9-7-20(8-10-21)30-24(18-37(2)13-14-42-3)29-31(40)39(22-11-12-27-28(17-22)44-16-15-43-27)33(41)38(32(29)45-30)19-23-25(34)5-4-6-26(23)35/h4-12,17,36H,13-16,18-19H2,1-3H3. The first-order chi connectivity index (χ1) is 21.8. The average Bonchev–Trinajstić information content (AvgIpc) is 3.42. The summed E-state index contributed by atoms with van der Waals surface area (Å²) in [5, 5.41) is 3.40. The minimum absolute atomic E-state index is 0.253. The molecule has 0 amide bonds. The van der Waals surface area contributed by atoms with E-state index in [0.717, 1.165) is 32.8 Å². The van der Waals surface area contributed by atoms with Crippen molar-refractivity contribution in [2.45, 2.75) is 13.1 Å². The molecular formula is C33H32F2N4O5S. The molecule has 1 aliphatic rings. The van der Waals surface area contributed by atoms with Crippen molar-refractivity contribution < 1.29 is 23.0 Å². The lowest BCUT2D eigenvalue weighted by atomic mass is 10.1. The van der Waals surface area contributed by atoms with Gasteiger partial charge in [-0.2, -0.15) is 0 Å². The fourth-order valence-electron chi connectivity index (χ4n) is 5.42. The zero-order chi connectivity index (χ0) is 31.7. The quantitative estimate of drug-likeness (QED) is 0.229. The van der Waals surface area contributed by atoms with Crippen LogP contribution in [0, 0.1) is 11.6 Å². The molecule has 3 aromatic carbocycles. The van der Waals surface area contributed by atoms with Crippen LogP contribution in [0.1, 0.15) is 11.1 Å². The number of rotatable bonds is 10. The molecular weight excluding hydrogens is 602 g/mol. The van der Waals surface area contributed by atoms with Gasteiger partial charge in [-0.1, -0.05) is 18.2 Å². The summed E-state index contributed by atoms with van der Waals surface area (Å²) in [5.41, 5.74) is 1.15. The molecule has 3 heterocycles. The highest BCUT2D eigenvalue weighted by atomic mass is 32.1. The van der Waals surface area contributed by atoms with Crippen LogP contribution in [-0.2, 0) is 17.8 Å². The van der Waals surface area contributed by atoms with Crippen LogP contribution < -0.4 is 26.0 Å². The number of thiophene rings is 1. The molecule has 0 saturated heterocycles. The van der Waals surface area contributed by atoms with E-state index in [2.05, 4.69) is 5.32 Å². The van der Waals surface area contributed by atoms with Crippen molar-refractivity contribution in [3.8, 4) is 27.6 Å². The first-order valence-electron chi connectivity index (χ1n) is 14.4. The summed E-state index contributed by atoms with van der Waals surface area (Å²) in [6.45, 7) is 1.70. The molecule has 9 nitrogen and oxygen atoms in total. The molecule has 234 valence electrons. The van der Waals surface area contributed by atoms with Crippen LogP contribution >= 0.6 is 11.3 Å². The summed E-state index contributed by atoms with van der Waals surface area (Å²) in [4.78, 5) is 31.9. The van der Waals surface area contributed by atoms with Crippen LogP contribution in [-0.4, -0.2) is 61.6 Å². The van der Waals surface area contributed by atoms with Gasteiger partial charge in [0.05, 0.1) is 24.2 Å². The highest BCUT2D eigenvalue weighted by Gasteiger charge is 2.26. The number of anilines is 1. The predicted octanol–water partition coefficient (Wildman–Crippen LogP) is 5.10. The summed E-state index contributed by atoms with van der Waals surface area (Å²) in [6.07, 6.45) is 0. The Bertz CT molecular complexity index is 1970. The number of aromatic nitrogens is 2. The van der Waals surface area contributed by atoms with Crippen molar-refractivity contribution in [3.63, 3.8) is 0 Å². The zero-order valence-electron chi connectivity index (χ0n) is 25.1. The summed E-state index contributed by atoms with van der Waals surface area (Å²) >= 11 is 1.25. The normalized spacial score (nSPS) is 12.7. The van der Waals surface area contributed by atoms with Gasteiger partial charge in [0.25, 0.3) is 5.56 Å². The predicted molar refractivity (Wildman–Crippen MR) is 171 cm³/mol. The second kappa shape index (κ2) is 12.8. The molecule has 45 heavy (non-hydrogen) atoms. The number of hydrogen-bond donors (Lipinski definition) is 1. The van der Waals surface area contributed by atoms with Crippen molar-refractivity contribution in [1.82, 2.24) is 14.0 Å². The van der Waals surface area contributed by atoms with Gasteiger partial charge in [-0.3, -0.25) is 14.3 Å². The van der Waals surface area contributed by atoms with Gasteiger partial charge in [0.2, 0.25) is 0 Å². The molecule has 12 heteroatoms. The van der Waals surface area contributed by atoms with E-state index in [1.165, 1.54) is 22.0 Å². The Labute approximate surface area is 261 Å². The maximum absolute atomic E-state index is 15.0. The lowest BCUT2D eigenvalue weighted by Gasteiger charge is -2.20. The fraction of sp³-hybridized carbons (Fsp3) is 0.273. The maximum atomic E-state index is 15.0. The first kappa shape index (κ1) is 30.5. The number of nitrogens with one attached hydrogen (secondary N) is 1. The van der Waals surface area contributed by atoms with Crippen molar-refractivity contribution in [1.29, 1.82) is 0 Å². The van der Waals surface area contributed by atoms with Crippen molar-refractivity contribution >= 4 is 27.2 Å². The van der Waals surface area contributed by atoms with E-state index >= 15 is 0 Å². The lowest BCUT2D eigenvalue weighted by Crippen LogP contribution is -2.39. The Hall–Kier alpha value is -4.52. The Morgan fingerprint density at radius 1 is 0.978 bits per heavy atom. The number of nitrogens with zero attached hydrogens (tertiary/aromatic N) is 3. The van der Waals surface area contributed by atoms with E-state index in [1.807, 2.05) is 43.3 Å². The van der Waals surface area contributed by atoms with Gasteiger partial charge in [0.1, 0.15) is 29.7 Å². The van der Waals surface area contributed by atoms with Gasteiger partial charge in [0.15, 0.2) is 11.5 Å². The van der Waals surface area contributed by atoms with Crippen molar-refractivity contribution in [2.75, 3.05) is 52.9 Å². The zero-order valence-corrected chi connectivity index (χ0v) is 25.9. The van der Waals surface area contributed by atoms with Gasteiger partial charge in [-0.25, -0.2) is 18.1 Å². The number of ether oxygens (including phenoxy) is 3. The Balaban J connectivity index is 1.66. The van der Waals surface area contributed by atoms with E-state index in [1.54, 1.807) is 25.3 Å². The van der Waals surface area contributed by atoms with Crippen LogP contribution in [0.3, 0.4) is 0 Å². The summed E-state index contributed by atoms with van der Waals surface area (Å²) in [7, 11) is 5.36. The molecule has 0 bridgehead atoms. The third-order valence-electron chi connectivity index (χ3n) is 7.78. The van der Waals surface area contributed by atoms with E-state index < -0.39 is 29.4 Å². The number of methoxy groups -OCH3 is 1. The van der Waals surface area contributed by atoms with E-state index in [9.17, 15) is 18.4 Å². The molecule has 6 rings (SSSR count). The van der Waals surface area contributed by atoms with Gasteiger partial charge in [-0.05, 0) is 54.6 Å². The Morgan fingerprint density at radius 2 is 1.69 bits per heavy atom. The molecule has 1 aliphatic heterocycles. The van der Waals surface area contributed by atoms with E-state index in [0.29, 0.717) is 60.2 Å². The molecule has 0 saturated carbocycles. The summed E-state index contributed by atoms with van der Waals surface area (Å²) in [5.74, 6) is -0.680. The second-order valence-electron chi connectivity index (χ2n) is 10.7. The van der Waals surface area contributed by atoms with Gasteiger partial charge < -0.3 is 19.5 Å². The highest BCUT2D eigenvalue weighted by molar-refractivity contribution is 7.22. The van der Waals surface area contributed by atoms with E-state index in [4.69, 9.17) is 14.2 Å². The second-order valence-corrected chi connectivity index (χ2v) is 11.7. The molecule has 0 radical (unpaired) electrons. The van der Waals surface area contributed by atoms with Crippen LogP contribution in [0.25, 0.3) is 26.3 Å². The third-order valence-corrected chi connectivity index (χ3v) is 9.08. The molecule has 0 atom stereocenters. The number of likely N-dealkylation sites (N-methyl/N-ethyl adjacent to an activating group) is 1. The van der Waals surface area contributed by atoms with Gasteiger partial charge >= 0.3 is 5.69 Å². The molecule has 0 spiro atoms. The minimum atomic E-state index is -0.786. The average molecular weight is 635 g/mol. The summed E-state index contributed by atoms with van der Waals surface area (Å²) < 4.78 is 49.0. The molecule has 1 N–H and O–H groups in total. The topological polar surface area (TPSA) is 87.0 Å². The monoisotopic (exact) mass is 634 g/mol. The molecule has 0 fully saturated rings. The first-order valence-corrected chi connectivity index (χ1v) is 15.2. The largest absolute Gasteiger partial charge is 0.486 e. The van der Waals surface area contributed by atoms with Crippen LogP contribution in [0.5, 0.6) is 11.5 Å².